The number of ether oxygens (including phenoxy) is 1. The molecule has 23 heavy (non-hydrogen) atoms. The Morgan fingerprint density at radius 2 is 2.17 bits per heavy atom. The van der Waals surface area contributed by atoms with Crippen LogP contribution in [0.2, 0.25) is 5.02 Å². The van der Waals surface area contributed by atoms with Gasteiger partial charge in [0.2, 0.25) is 5.88 Å². The second-order valence-electron chi connectivity index (χ2n) is 5.05. The van der Waals surface area contributed by atoms with Gasteiger partial charge in [-0.05, 0) is 18.2 Å². The zero-order valence-corrected chi connectivity index (χ0v) is 12.8. The number of pyridine rings is 1. The van der Waals surface area contributed by atoms with E-state index in [4.69, 9.17) is 21.6 Å². The molecule has 0 unspecified atom stereocenters. The number of nitriles is 1. The van der Waals surface area contributed by atoms with E-state index in [2.05, 4.69) is 10.3 Å². The van der Waals surface area contributed by atoms with Crippen LogP contribution < -0.4 is 10.1 Å². The summed E-state index contributed by atoms with van der Waals surface area (Å²) in [5.74, 6) is 0.389. The Bertz CT molecular complexity index is 769. The maximum Gasteiger partial charge on any atom is 0.322 e. The third-order valence-corrected chi connectivity index (χ3v) is 3.73. The van der Waals surface area contributed by atoms with Crippen molar-refractivity contribution in [1.82, 2.24) is 9.88 Å². The summed E-state index contributed by atoms with van der Waals surface area (Å²) in [5, 5.41) is 12.1. The van der Waals surface area contributed by atoms with Crippen molar-refractivity contribution >= 4 is 23.3 Å². The monoisotopic (exact) mass is 328 g/mol. The molecule has 1 saturated heterocycles. The summed E-state index contributed by atoms with van der Waals surface area (Å²) in [7, 11) is 0. The lowest BCUT2D eigenvalue weighted by molar-refractivity contribution is 0.0461. The third-order valence-electron chi connectivity index (χ3n) is 3.40. The fourth-order valence-corrected chi connectivity index (χ4v) is 2.33. The summed E-state index contributed by atoms with van der Waals surface area (Å²) in [6, 6.07) is 12.0. The van der Waals surface area contributed by atoms with Crippen molar-refractivity contribution in [3.05, 3.63) is 53.2 Å². The molecule has 2 heterocycles. The van der Waals surface area contributed by atoms with Crippen molar-refractivity contribution in [2.24, 2.45) is 0 Å². The molecule has 1 aromatic carbocycles. The van der Waals surface area contributed by atoms with Crippen LogP contribution >= 0.6 is 11.6 Å². The zero-order chi connectivity index (χ0) is 16.2. The van der Waals surface area contributed by atoms with Gasteiger partial charge in [0.25, 0.3) is 0 Å². The molecule has 0 aliphatic carbocycles. The number of nitrogens with one attached hydrogen (secondary N) is 1. The minimum absolute atomic E-state index is 0.131. The van der Waals surface area contributed by atoms with Gasteiger partial charge in [-0.1, -0.05) is 23.7 Å². The highest BCUT2D eigenvalue weighted by molar-refractivity contribution is 6.33. The zero-order valence-electron chi connectivity index (χ0n) is 12.1. The molecule has 116 valence electrons. The lowest BCUT2D eigenvalue weighted by Gasteiger charge is -2.38. The first kappa shape index (κ1) is 15.1. The molecule has 2 aromatic rings. The number of carbonyl (C=O) groups excluding carboxylic acids is 1. The van der Waals surface area contributed by atoms with Crippen molar-refractivity contribution < 1.29 is 9.53 Å². The third kappa shape index (κ3) is 3.52. The van der Waals surface area contributed by atoms with E-state index in [9.17, 15) is 4.79 Å². The van der Waals surface area contributed by atoms with E-state index in [0.717, 1.165) is 0 Å². The number of benzene rings is 1. The quantitative estimate of drug-likeness (QED) is 0.939. The maximum absolute atomic E-state index is 12.1. The van der Waals surface area contributed by atoms with Gasteiger partial charge in [0, 0.05) is 12.3 Å². The van der Waals surface area contributed by atoms with Gasteiger partial charge in [0.15, 0.2) is 0 Å². The standard InChI is InChI=1S/C16H13ClN4O2/c17-13-3-1-2-4-14(13)20-16(22)21-9-12(10-21)23-15-7-11(8-18)5-6-19-15/h1-7,12H,9-10H2,(H,20,22). The Balaban J connectivity index is 1.52. The molecule has 6 nitrogen and oxygen atoms in total. The highest BCUT2D eigenvalue weighted by atomic mass is 35.5. The molecule has 0 bridgehead atoms. The summed E-state index contributed by atoms with van der Waals surface area (Å²) in [6.07, 6.45) is 1.39. The smallest absolute Gasteiger partial charge is 0.322 e. The Hall–Kier alpha value is -2.78. The summed E-state index contributed by atoms with van der Waals surface area (Å²) in [5.41, 5.74) is 1.06. The number of nitrogens with zero attached hydrogens (tertiary/aromatic N) is 3. The van der Waals surface area contributed by atoms with Gasteiger partial charge in [-0.15, -0.1) is 0 Å². The average Bonchev–Trinajstić information content (AvgIpc) is 2.52. The van der Waals surface area contributed by atoms with Gasteiger partial charge in [-0.3, -0.25) is 0 Å². The molecular weight excluding hydrogens is 316 g/mol. The molecule has 1 N–H and O–H groups in total. The molecule has 0 spiro atoms. The number of urea groups is 1. The van der Waals surface area contributed by atoms with Crippen LogP contribution in [-0.2, 0) is 0 Å². The molecule has 1 aliphatic rings. The normalized spacial score (nSPS) is 13.8. The van der Waals surface area contributed by atoms with E-state index in [-0.39, 0.29) is 12.1 Å². The lowest BCUT2D eigenvalue weighted by Crippen LogP contribution is -2.57. The number of hydrogen-bond acceptors (Lipinski definition) is 4. The van der Waals surface area contributed by atoms with Gasteiger partial charge < -0.3 is 15.0 Å². The number of para-hydroxylation sites is 1. The Morgan fingerprint density at radius 3 is 2.91 bits per heavy atom. The molecule has 7 heteroatoms. The summed E-state index contributed by atoms with van der Waals surface area (Å²) >= 11 is 6.01. The number of anilines is 1. The van der Waals surface area contributed by atoms with Gasteiger partial charge in [-0.2, -0.15) is 5.26 Å². The van der Waals surface area contributed by atoms with Crippen molar-refractivity contribution in [2.45, 2.75) is 6.10 Å². The minimum Gasteiger partial charge on any atom is -0.471 e. The van der Waals surface area contributed by atoms with Gasteiger partial charge in [0.05, 0.1) is 35.4 Å². The van der Waals surface area contributed by atoms with Crippen LogP contribution in [0.25, 0.3) is 0 Å². The van der Waals surface area contributed by atoms with Gasteiger partial charge in [-0.25, -0.2) is 9.78 Å². The van der Waals surface area contributed by atoms with E-state index in [1.54, 1.807) is 41.3 Å². The fraction of sp³-hybridized carbons (Fsp3) is 0.188. The van der Waals surface area contributed by atoms with Crippen LogP contribution in [-0.4, -0.2) is 35.1 Å². The second-order valence-corrected chi connectivity index (χ2v) is 5.46. The summed E-state index contributed by atoms with van der Waals surface area (Å²) in [6.45, 7) is 0.906. The van der Waals surface area contributed by atoms with Crippen LogP contribution in [0.4, 0.5) is 10.5 Å². The largest absolute Gasteiger partial charge is 0.471 e. The molecule has 2 amide bonds. The van der Waals surface area contributed by atoms with E-state index < -0.39 is 0 Å². The Kier molecular flexibility index (Phi) is 4.31. The highest BCUT2D eigenvalue weighted by Gasteiger charge is 2.32. The van der Waals surface area contributed by atoms with E-state index >= 15 is 0 Å². The molecule has 0 radical (unpaired) electrons. The number of amides is 2. The first-order valence-corrected chi connectivity index (χ1v) is 7.37. The number of carbonyl (C=O) groups is 1. The highest BCUT2D eigenvalue weighted by Crippen LogP contribution is 2.22. The molecule has 3 rings (SSSR count). The topological polar surface area (TPSA) is 78.2 Å². The predicted octanol–water partition coefficient (Wildman–Crippen LogP) is 2.90. The number of aromatic nitrogens is 1. The maximum atomic E-state index is 12.1. The Labute approximate surface area is 138 Å². The van der Waals surface area contributed by atoms with Crippen LogP contribution in [0.15, 0.2) is 42.6 Å². The van der Waals surface area contributed by atoms with Crippen LogP contribution in [0.5, 0.6) is 5.88 Å². The van der Waals surface area contributed by atoms with Crippen LogP contribution in [0.1, 0.15) is 5.56 Å². The van der Waals surface area contributed by atoms with Crippen molar-refractivity contribution in [3.63, 3.8) is 0 Å². The van der Waals surface area contributed by atoms with E-state index in [0.29, 0.717) is 35.2 Å². The number of hydrogen-bond donors (Lipinski definition) is 1. The molecule has 1 fully saturated rings. The van der Waals surface area contributed by atoms with Gasteiger partial charge >= 0.3 is 6.03 Å². The molecular formula is C16H13ClN4O2. The van der Waals surface area contributed by atoms with Crippen molar-refractivity contribution in [1.29, 1.82) is 5.26 Å². The second kappa shape index (κ2) is 6.55. The van der Waals surface area contributed by atoms with Crippen LogP contribution in [0.3, 0.4) is 0 Å². The van der Waals surface area contributed by atoms with Crippen LogP contribution in [0, 0.1) is 11.3 Å². The molecule has 1 aliphatic heterocycles. The van der Waals surface area contributed by atoms with E-state index in [1.165, 1.54) is 6.20 Å². The fourth-order valence-electron chi connectivity index (χ4n) is 2.15. The van der Waals surface area contributed by atoms with E-state index in [1.807, 2.05) is 6.07 Å². The first-order chi connectivity index (χ1) is 11.2. The first-order valence-electron chi connectivity index (χ1n) is 6.99. The molecule has 0 saturated carbocycles. The van der Waals surface area contributed by atoms with Crippen molar-refractivity contribution in [3.8, 4) is 11.9 Å². The predicted molar refractivity (Wildman–Crippen MR) is 85.4 cm³/mol. The lowest BCUT2D eigenvalue weighted by atomic mass is 10.2. The summed E-state index contributed by atoms with van der Waals surface area (Å²) < 4.78 is 5.64. The molecule has 1 aromatic heterocycles. The molecule has 0 atom stereocenters. The Morgan fingerprint density at radius 1 is 1.39 bits per heavy atom. The average molecular weight is 329 g/mol. The number of halogens is 1. The van der Waals surface area contributed by atoms with Gasteiger partial charge in [0.1, 0.15) is 6.10 Å². The number of likely N-dealkylation sites (tertiary alicyclic amines) is 1. The summed E-state index contributed by atoms with van der Waals surface area (Å²) in [4.78, 5) is 17.7. The van der Waals surface area contributed by atoms with Crippen molar-refractivity contribution in [2.75, 3.05) is 18.4 Å². The SMILES string of the molecule is N#Cc1ccnc(OC2CN(C(=O)Nc3ccccc3Cl)C2)c1. The minimum atomic E-state index is -0.225. The number of rotatable bonds is 3.